The molecule has 0 aromatic heterocycles. The average Bonchev–Trinajstić information content (AvgIpc) is 2.59. The van der Waals surface area contributed by atoms with Gasteiger partial charge in [-0.3, -0.25) is 4.79 Å². The van der Waals surface area contributed by atoms with E-state index in [2.05, 4.69) is 17.3 Å². The Bertz CT molecular complexity index is 453. The first-order valence-corrected chi connectivity index (χ1v) is 8.47. The zero-order valence-electron chi connectivity index (χ0n) is 14.4. The van der Waals surface area contributed by atoms with Gasteiger partial charge in [-0.2, -0.15) is 0 Å². The summed E-state index contributed by atoms with van der Waals surface area (Å²) in [6.45, 7) is 1.72. The number of nitrogens with zero attached hydrogens (tertiary/aromatic N) is 1. The lowest BCUT2D eigenvalue weighted by atomic mass is 9.94. The SMILES string of the molecule is CN(CCCNC(=O)C(N)c1ccccc1)C1CCCCC1.Cl.Cl. The second-order valence-corrected chi connectivity index (χ2v) is 6.31. The average molecular weight is 376 g/mol. The van der Waals surface area contributed by atoms with Crippen LogP contribution in [0.25, 0.3) is 0 Å². The highest BCUT2D eigenvalue weighted by Crippen LogP contribution is 2.21. The van der Waals surface area contributed by atoms with Crippen LogP contribution in [-0.2, 0) is 4.79 Å². The molecule has 0 aliphatic heterocycles. The predicted octanol–water partition coefficient (Wildman–Crippen LogP) is 3.30. The van der Waals surface area contributed by atoms with Crippen molar-refractivity contribution >= 4 is 30.7 Å². The third-order valence-corrected chi connectivity index (χ3v) is 4.63. The zero-order chi connectivity index (χ0) is 15.8. The van der Waals surface area contributed by atoms with E-state index in [1.807, 2.05) is 30.3 Å². The van der Waals surface area contributed by atoms with Crippen LogP contribution in [0.1, 0.15) is 50.1 Å². The minimum absolute atomic E-state index is 0. The van der Waals surface area contributed by atoms with Crippen molar-refractivity contribution in [1.82, 2.24) is 10.2 Å². The molecule has 3 N–H and O–H groups in total. The number of hydrogen-bond donors (Lipinski definition) is 2. The summed E-state index contributed by atoms with van der Waals surface area (Å²) in [7, 11) is 2.20. The summed E-state index contributed by atoms with van der Waals surface area (Å²) < 4.78 is 0. The van der Waals surface area contributed by atoms with Crippen molar-refractivity contribution in [2.75, 3.05) is 20.1 Å². The number of nitrogens with two attached hydrogens (primary N) is 1. The largest absolute Gasteiger partial charge is 0.354 e. The van der Waals surface area contributed by atoms with Gasteiger partial charge in [-0.15, -0.1) is 24.8 Å². The van der Waals surface area contributed by atoms with E-state index < -0.39 is 6.04 Å². The van der Waals surface area contributed by atoms with Crippen molar-refractivity contribution in [2.45, 2.75) is 50.6 Å². The highest BCUT2D eigenvalue weighted by atomic mass is 35.5. The first-order valence-electron chi connectivity index (χ1n) is 8.47. The van der Waals surface area contributed by atoms with Gasteiger partial charge in [0, 0.05) is 12.6 Å². The minimum Gasteiger partial charge on any atom is -0.354 e. The molecule has 0 saturated heterocycles. The molecule has 6 heteroatoms. The third-order valence-electron chi connectivity index (χ3n) is 4.63. The number of carbonyl (C=O) groups excluding carboxylic acids is 1. The summed E-state index contributed by atoms with van der Waals surface area (Å²) in [4.78, 5) is 14.5. The summed E-state index contributed by atoms with van der Waals surface area (Å²) in [6.07, 6.45) is 7.72. The lowest BCUT2D eigenvalue weighted by molar-refractivity contribution is -0.122. The number of nitrogens with one attached hydrogen (secondary N) is 1. The number of rotatable bonds is 7. The fraction of sp³-hybridized carbons (Fsp3) is 0.611. The molecule has 0 spiro atoms. The van der Waals surface area contributed by atoms with E-state index in [1.54, 1.807) is 0 Å². The first kappa shape index (κ1) is 23.2. The normalized spacial score (nSPS) is 16.0. The van der Waals surface area contributed by atoms with Crippen molar-refractivity contribution in [1.29, 1.82) is 0 Å². The Morgan fingerprint density at radius 3 is 2.46 bits per heavy atom. The summed E-state index contributed by atoms with van der Waals surface area (Å²) in [5.41, 5.74) is 6.84. The van der Waals surface area contributed by atoms with Crippen LogP contribution in [0.2, 0.25) is 0 Å². The van der Waals surface area contributed by atoms with Gasteiger partial charge in [-0.05, 0) is 38.4 Å². The molecule has 1 fully saturated rings. The van der Waals surface area contributed by atoms with E-state index >= 15 is 0 Å². The molecule has 4 nitrogen and oxygen atoms in total. The summed E-state index contributed by atoms with van der Waals surface area (Å²) in [5.74, 6) is -0.0912. The lowest BCUT2D eigenvalue weighted by Gasteiger charge is -2.31. The van der Waals surface area contributed by atoms with Crippen molar-refractivity contribution in [3.8, 4) is 0 Å². The van der Waals surface area contributed by atoms with Gasteiger partial charge in [0.15, 0.2) is 0 Å². The Balaban J connectivity index is 0.00000264. The number of hydrogen-bond acceptors (Lipinski definition) is 3. The number of halogens is 2. The molecule has 1 aliphatic carbocycles. The topological polar surface area (TPSA) is 58.4 Å². The molecule has 1 aliphatic rings. The van der Waals surface area contributed by atoms with Crippen LogP contribution in [0, 0.1) is 0 Å². The fourth-order valence-electron chi connectivity index (χ4n) is 3.17. The van der Waals surface area contributed by atoms with Gasteiger partial charge in [-0.1, -0.05) is 49.6 Å². The Hall–Kier alpha value is -0.810. The van der Waals surface area contributed by atoms with Gasteiger partial charge in [0.05, 0.1) is 0 Å². The van der Waals surface area contributed by atoms with Gasteiger partial charge < -0.3 is 16.0 Å². The molecule has 24 heavy (non-hydrogen) atoms. The third kappa shape index (κ3) is 7.39. The molecule has 0 heterocycles. The Kier molecular flexibility index (Phi) is 12.1. The quantitative estimate of drug-likeness (QED) is 0.718. The van der Waals surface area contributed by atoms with E-state index in [-0.39, 0.29) is 30.7 Å². The number of carbonyl (C=O) groups is 1. The predicted molar refractivity (Wildman–Crippen MR) is 105 cm³/mol. The van der Waals surface area contributed by atoms with Crippen molar-refractivity contribution in [2.24, 2.45) is 5.73 Å². The van der Waals surface area contributed by atoms with Crippen molar-refractivity contribution in [3.05, 3.63) is 35.9 Å². The van der Waals surface area contributed by atoms with Gasteiger partial charge in [0.2, 0.25) is 5.91 Å². The van der Waals surface area contributed by atoms with E-state index in [9.17, 15) is 4.79 Å². The molecule has 1 amide bonds. The van der Waals surface area contributed by atoms with E-state index in [0.29, 0.717) is 6.54 Å². The highest BCUT2D eigenvalue weighted by molar-refractivity contribution is 5.85. The van der Waals surface area contributed by atoms with Crippen molar-refractivity contribution < 1.29 is 4.79 Å². The zero-order valence-corrected chi connectivity index (χ0v) is 16.1. The van der Waals surface area contributed by atoms with Crippen LogP contribution in [0.5, 0.6) is 0 Å². The second kappa shape index (κ2) is 12.5. The van der Waals surface area contributed by atoms with Gasteiger partial charge >= 0.3 is 0 Å². The first-order chi connectivity index (χ1) is 10.7. The molecule has 1 aromatic rings. The maximum atomic E-state index is 12.0. The molecule has 138 valence electrons. The Labute approximate surface area is 158 Å². The molecule has 1 atom stereocenters. The molecular formula is C18H31Cl2N3O. The van der Waals surface area contributed by atoms with E-state index in [0.717, 1.165) is 24.6 Å². The van der Waals surface area contributed by atoms with Crippen LogP contribution in [-0.4, -0.2) is 37.0 Å². The smallest absolute Gasteiger partial charge is 0.241 e. The lowest BCUT2D eigenvalue weighted by Crippen LogP contribution is -2.38. The van der Waals surface area contributed by atoms with Crippen LogP contribution in [0.15, 0.2) is 30.3 Å². The minimum atomic E-state index is -0.572. The fourth-order valence-corrected chi connectivity index (χ4v) is 3.17. The van der Waals surface area contributed by atoms with Gasteiger partial charge in [-0.25, -0.2) is 0 Å². The summed E-state index contributed by atoms with van der Waals surface area (Å²) in [6, 6.07) is 9.67. The maximum absolute atomic E-state index is 12.0. The van der Waals surface area contributed by atoms with E-state index in [4.69, 9.17) is 5.73 Å². The Morgan fingerprint density at radius 1 is 1.21 bits per heavy atom. The number of amides is 1. The van der Waals surface area contributed by atoms with Crippen molar-refractivity contribution in [3.63, 3.8) is 0 Å². The van der Waals surface area contributed by atoms with Crippen LogP contribution >= 0.6 is 24.8 Å². The Morgan fingerprint density at radius 2 is 1.83 bits per heavy atom. The standard InChI is InChI=1S/C18H29N3O.2ClH/c1-21(16-11-6-3-7-12-16)14-8-13-20-18(22)17(19)15-9-4-2-5-10-15;;/h2,4-5,9-10,16-17H,3,6-8,11-14,19H2,1H3,(H,20,22);2*1H. The monoisotopic (exact) mass is 375 g/mol. The molecule has 0 bridgehead atoms. The van der Waals surface area contributed by atoms with Crippen LogP contribution in [0.3, 0.4) is 0 Å². The van der Waals surface area contributed by atoms with Gasteiger partial charge in [0.25, 0.3) is 0 Å². The summed E-state index contributed by atoms with van der Waals surface area (Å²) >= 11 is 0. The molecule has 2 rings (SSSR count). The molecule has 1 unspecified atom stereocenters. The van der Waals surface area contributed by atoms with Crippen LogP contribution in [0.4, 0.5) is 0 Å². The second-order valence-electron chi connectivity index (χ2n) is 6.31. The molecule has 1 aromatic carbocycles. The molecule has 0 radical (unpaired) electrons. The summed E-state index contributed by atoms with van der Waals surface area (Å²) in [5, 5.41) is 2.95. The van der Waals surface area contributed by atoms with Gasteiger partial charge in [0.1, 0.15) is 6.04 Å². The highest BCUT2D eigenvalue weighted by Gasteiger charge is 2.18. The molecular weight excluding hydrogens is 345 g/mol. The number of benzene rings is 1. The molecule has 1 saturated carbocycles. The maximum Gasteiger partial charge on any atom is 0.241 e. The van der Waals surface area contributed by atoms with Crippen LogP contribution < -0.4 is 11.1 Å². The van der Waals surface area contributed by atoms with E-state index in [1.165, 1.54) is 32.1 Å².